The highest BCUT2D eigenvalue weighted by molar-refractivity contribution is 9.10. The third-order valence-corrected chi connectivity index (χ3v) is 2.43. The van der Waals surface area contributed by atoms with Gasteiger partial charge in [-0.1, -0.05) is 15.9 Å². The van der Waals surface area contributed by atoms with Crippen LogP contribution in [0.3, 0.4) is 0 Å². The van der Waals surface area contributed by atoms with Gasteiger partial charge in [0.05, 0.1) is 4.83 Å². The van der Waals surface area contributed by atoms with Crippen molar-refractivity contribution in [2.24, 2.45) is 0 Å². The van der Waals surface area contributed by atoms with Crippen LogP contribution in [0.15, 0.2) is 0 Å². The van der Waals surface area contributed by atoms with Gasteiger partial charge >= 0.3 is 6.18 Å². The first kappa shape index (κ1) is 10.8. The number of alkyl halides is 4. The van der Waals surface area contributed by atoms with E-state index >= 15 is 0 Å². The molecule has 1 amide bonds. The van der Waals surface area contributed by atoms with Gasteiger partial charge in [-0.2, -0.15) is 13.2 Å². The molecule has 1 fully saturated rings. The lowest BCUT2D eigenvalue weighted by molar-refractivity contribution is -0.170. The highest BCUT2D eigenvalue weighted by atomic mass is 79.9. The predicted octanol–water partition coefficient (Wildman–Crippen LogP) is 1.98. The molecule has 6 heteroatoms. The van der Waals surface area contributed by atoms with Crippen molar-refractivity contribution in [2.45, 2.75) is 36.3 Å². The number of carbonyl (C=O) groups is 1. The molecule has 0 aromatic heterocycles. The molecule has 13 heavy (non-hydrogen) atoms. The van der Waals surface area contributed by atoms with E-state index in [0.717, 1.165) is 0 Å². The fourth-order valence-electron chi connectivity index (χ4n) is 0.940. The Bertz CT molecular complexity index is 222. The Kier molecular flexibility index (Phi) is 2.62. The SMILES string of the molecule is CC(Br)C(=O)NC1(C(F)(F)F)CC1. The van der Waals surface area contributed by atoms with Crippen LogP contribution in [-0.4, -0.2) is 22.4 Å². The van der Waals surface area contributed by atoms with Gasteiger partial charge in [0.2, 0.25) is 5.91 Å². The highest BCUT2D eigenvalue weighted by Crippen LogP contribution is 2.48. The van der Waals surface area contributed by atoms with Gasteiger partial charge in [0.1, 0.15) is 5.54 Å². The van der Waals surface area contributed by atoms with Crippen molar-refractivity contribution in [3.63, 3.8) is 0 Å². The van der Waals surface area contributed by atoms with Gasteiger partial charge in [0.25, 0.3) is 0 Å². The van der Waals surface area contributed by atoms with Crippen molar-refractivity contribution >= 4 is 21.8 Å². The third kappa shape index (κ3) is 2.15. The maximum atomic E-state index is 12.3. The average Bonchev–Trinajstić information content (AvgIpc) is 2.66. The zero-order valence-corrected chi connectivity index (χ0v) is 8.50. The molecule has 0 spiro atoms. The van der Waals surface area contributed by atoms with Gasteiger partial charge in [-0.25, -0.2) is 0 Å². The van der Waals surface area contributed by atoms with E-state index in [-0.39, 0.29) is 12.8 Å². The van der Waals surface area contributed by atoms with E-state index in [2.05, 4.69) is 15.9 Å². The Labute approximate surface area is 82.0 Å². The van der Waals surface area contributed by atoms with E-state index in [9.17, 15) is 18.0 Å². The Morgan fingerprint density at radius 1 is 1.54 bits per heavy atom. The van der Waals surface area contributed by atoms with Crippen LogP contribution in [0.4, 0.5) is 13.2 Å². The van der Waals surface area contributed by atoms with Gasteiger partial charge in [-0.3, -0.25) is 4.79 Å². The molecule has 76 valence electrons. The molecule has 1 aliphatic rings. The van der Waals surface area contributed by atoms with E-state index in [4.69, 9.17) is 0 Å². The summed E-state index contributed by atoms with van der Waals surface area (Å²) in [6.45, 7) is 1.49. The second kappa shape index (κ2) is 3.15. The minimum atomic E-state index is -4.33. The number of nitrogens with one attached hydrogen (secondary N) is 1. The van der Waals surface area contributed by atoms with Crippen molar-refractivity contribution in [3.8, 4) is 0 Å². The van der Waals surface area contributed by atoms with Crippen molar-refractivity contribution in [2.75, 3.05) is 0 Å². The van der Waals surface area contributed by atoms with Gasteiger partial charge in [-0.15, -0.1) is 0 Å². The molecule has 0 radical (unpaired) electrons. The molecule has 2 nitrogen and oxygen atoms in total. The Morgan fingerprint density at radius 3 is 2.23 bits per heavy atom. The summed E-state index contributed by atoms with van der Waals surface area (Å²) < 4.78 is 36.9. The van der Waals surface area contributed by atoms with E-state index < -0.39 is 22.4 Å². The van der Waals surface area contributed by atoms with Crippen molar-refractivity contribution < 1.29 is 18.0 Å². The van der Waals surface area contributed by atoms with Crippen LogP contribution in [0.25, 0.3) is 0 Å². The summed E-state index contributed by atoms with van der Waals surface area (Å²) in [6, 6.07) is 0. The molecule has 1 rings (SSSR count). The lowest BCUT2D eigenvalue weighted by Gasteiger charge is -2.21. The summed E-state index contributed by atoms with van der Waals surface area (Å²) in [5.41, 5.74) is -1.94. The molecule has 0 aromatic carbocycles. The zero-order valence-electron chi connectivity index (χ0n) is 6.91. The second-order valence-electron chi connectivity index (χ2n) is 3.19. The van der Waals surface area contributed by atoms with E-state index in [0.29, 0.717) is 0 Å². The first-order chi connectivity index (χ1) is 5.78. The molecular weight excluding hydrogens is 251 g/mol. The van der Waals surface area contributed by atoms with Gasteiger partial charge < -0.3 is 5.32 Å². The molecule has 0 heterocycles. The number of amides is 1. The second-order valence-corrected chi connectivity index (χ2v) is 4.56. The van der Waals surface area contributed by atoms with Crippen molar-refractivity contribution in [3.05, 3.63) is 0 Å². The highest BCUT2D eigenvalue weighted by Gasteiger charge is 2.64. The number of hydrogen-bond donors (Lipinski definition) is 1. The van der Waals surface area contributed by atoms with Crippen molar-refractivity contribution in [1.82, 2.24) is 5.32 Å². The molecular formula is C7H9BrF3NO. The monoisotopic (exact) mass is 259 g/mol. The van der Waals surface area contributed by atoms with Crippen LogP contribution < -0.4 is 5.32 Å². The number of hydrogen-bond acceptors (Lipinski definition) is 1. The molecule has 0 bridgehead atoms. The quantitative estimate of drug-likeness (QED) is 0.756. The third-order valence-electron chi connectivity index (χ3n) is 2.02. The minimum Gasteiger partial charge on any atom is -0.341 e. The van der Waals surface area contributed by atoms with Crippen LogP contribution in [-0.2, 0) is 4.79 Å². The number of carbonyl (C=O) groups excluding carboxylic acids is 1. The minimum absolute atomic E-state index is 0.0119. The summed E-state index contributed by atoms with van der Waals surface area (Å²) in [5, 5.41) is 2.00. The first-order valence-electron chi connectivity index (χ1n) is 3.81. The van der Waals surface area contributed by atoms with Gasteiger partial charge in [0, 0.05) is 0 Å². The Hall–Kier alpha value is -0.260. The normalized spacial score (nSPS) is 22.2. The number of rotatable bonds is 2. The maximum Gasteiger partial charge on any atom is 0.411 e. The fourth-order valence-corrected chi connectivity index (χ4v) is 1.05. The average molecular weight is 260 g/mol. The Morgan fingerprint density at radius 2 is 2.00 bits per heavy atom. The lowest BCUT2D eigenvalue weighted by Crippen LogP contribution is -2.49. The largest absolute Gasteiger partial charge is 0.411 e. The summed E-state index contributed by atoms with van der Waals surface area (Å²) >= 11 is 2.91. The summed E-state index contributed by atoms with van der Waals surface area (Å²) in [6.07, 6.45) is -4.35. The van der Waals surface area contributed by atoms with E-state index in [1.165, 1.54) is 6.92 Å². The summed E-state index contributed by atoms with van der Waals surface area (Å²) in [4.78, 5) is 10.4. The molecule has 1 N–H and O–H groups in total. The first-order valence-corrected chi connectivity index (χ1v) is 4.73. The topological polar surface area (TPSA) is 29.1 Å². The fraction of sp³-hybridized carbons (Fsp3) is 0.857. The molecule has 0 aliphatic heterocycles. The lowest BCUT2D eigenvalue weighted by atomic mass is 10.2. The Balaban J connectivity index is 2.59. The predicted molar refractivity (Wildman–Crippen MR) is 44.6 cm³/mol. The van der Waals surface area contributed by atoms with Gasteiger partial charge in [0.15, 0.2) is 0 Å². The maximum absolute atomic E-state index is 12.3. The van der Waals surface area contributed by atoms with Crippen LogP contribution in [0, 0.1) is 0 Å². The van der Waals surface area contributed by atoms with Gasteiger partial charge in [-0.05, 0) is 19.8 Å². The van der Waals surface area contributed by atoms with Crippen LogP contribution in [0.1, 0.15) is 19.8 Å². The van der Waals surface area contributed by atoms with Crippen LogP contribution in [0.2, 0.25) is 0 Å². The molecule has 1 saturated carbocycles. The molecule has 0 aromatic rings. The van der Waals surface area contributed by atoms with Crippen LogP contribution >= 0.6 is 15.9 Å². The smallest absolute Gasteiger partial charge is 0.341 e. The standard InChI is InChI=1S/C7H9BrF3NO/c1-4(8)5(13)12-6(2-3-6)7(9,10)11/h4H,2-3H2,1H3,(H,12,13). The molecule has 1 aliphatic carbocycles. The molecule has 1 unspecified atom stereocenters. The van der Waals surface area contributed by atoms with Crippen LogP contribution in [0.5, 0.6) is 0 Å². The van der Waals surface area contributed by atoms with E-state index in [1.807, 2.05) is 5.32 Å². The number of halogens is 4. The summed E-state index contributed by atoms with van der Waals surface area (Å²) in [5.74, 6) is -0.616. The van der Waals surface area contributed by atoms with Crippen molar-refractivity contribution in [1.29, 1.82) is 0 Å². The molecule has 0 saturated heterocycles. The van der Waals surface area contributed by atoms with E-state index in [1.54, 1.807) is 0 Å². The zero-order chi connectivity index (χ0) is 10.3. The molecule has 1 atom stereocenters. The summed E-state index contributed by atoms with van der Waals surface area (Å²) in [7, 11) is 0.